The molecule has 0 atom stereocenters. The zero-order chi connectivity index (χ0) is 37.5. The number of hydrogen-bond acceptors (Lipinski definition) is 6. The monoisotopic (exact) mass is 719 g/mol. The number of nitrogens with zero attached hydrogens (tertiary/aromatic N) is 2. The number of carbonyl (C=O) groups excluding carboxylic acids is 2. The Kier molecular flexibility index (Phi) is 38.3. The van der Waals surface area contributed by atoms with E-state index in [-0.39, 0.29) is 0 Å². The van der Waals surface area contributed by atoms with Crippen LogP contribution in [-0.4, -0.2) is 75.2 Å². The Morgan fingerprint density at radius 1 is 0.431 bits per heavy atom. The normalized spacial score (nSPS) is 12.0. The molecule has 0 fully saturated rings. The van der Waals surface area contributed by atoms with Crippen LogP contribution in [0.2, 0.25) is 0 Å². The van der Waals surface area contributed by atoms with E-state index in [0.717, 1.165) is 51.5 Å². The van der Waals surface area contributed by atoms with Gasteiger partial charge >= 0.3 is 11.9 Å². The number of rotatable bonds is 39. The minimum Gasteiger partial charge on any atom is -0.464 e. The first kappa shape index (κ1) is 49.3. The van der Waals surface area contributed by atoms with Gasteiger partial charge < -0.3 is 14.4 Å². The maximum absolute atomic E-state index is 13.1. The summed E-state index contributed by atoms with van der Waals surface area (Å²) in [6.45, 7) is 6.80. The lowest BCUT2D eigenvalue weighted by molar-refractivity contribution is -0.163. The van der Waals surface area contributed by atoms with Crippen molar-refractivity contribution in [3.63, 3.8) is 0 Å². The first-order valence-electron chi connectivity index (χ1n) is 21.9. The van der Waals surface area contributed by atoms with Crippen molar-refractivity contribution in [2.75, 3.05) is 47.4 Å². The third-order valence-corrected chi connectivity index (χ3v) is 9.80. The number of ether oxygens (including phenoxy) is 2. The second-order valence-electron chi connectivity index (χ2n) is 15.3. The van der Waals surface area contributed by atoms with Crippen LogP contribution in [0.25, 0.3) is 0 Å². The first-order valence-corrected chi connectivity index (χ1v) is 21.9. The van der Waals surface area contributed by atoms with E-state index in [1.54, 1.807) is 4.90 Å². The van der Waals surface area contributed by atoms with Gasteiger partial charge in [-0.05, 0) is 98.3 Å². The molecule has 0 N–H and O–H groups in total. The molecule has 0 amide bonds. The van der Waals surface area contributed by atoms with Gasteiger partial charge in [0.15, 0.2) is 0 Å². The van der Waals surface area contributed by atoms with E-state index >= 15 is 0 Å². The van der Waals surface area contributed by atoms with E-state index in [4.69, 9.17) is 9.47 Å². The predicted molar refractivity (Wildman–Crippen MR) is 220 cm³/mol. The van der Waals surface area contributed by atoms with Crippen molar-refractivity contribution in [1.29, 1.82) is 0 Å². The van der Waals surface area contributed by atoms with E-state index in [1.807, 2.05) is 21.1 Å². The molecular weight excluding hydrogens is 633 g/mol. The highest BCUT2D eigenvalue weighted by molar-refractivity contribution is 5.99. The molecule has 0 aliphatic heterocycles. The third-order valence-electron chi connectivity index (χ3n) is 9.80. The Balaban J connectivity index is 4.12. The van der Waals surface area contributed by atoms with Crippen molar-refractivity contribution in [3.05, 3.63) is 24.3 Å². The molecule has 51 heavy (non-hydrogen) atoms. The van der Waals surface area contributed by atoms with Gasteiger partial charge in [-0.3, -0.25) is 4.90 Å². The summed E-state index contributed by atoms with van der Waals surface area (Å²) in [6, 6.07) is -0.990. The molecule has 0 aliphatic carbocycles. The maximum Gasteiger partial charge on any atom is 0.335 e. The van der Waals surface area contributed by atoms with Crippen molar-refractivity contribution < 1.29 is 19.1 Å². The van der Waals surface area contributed by atoms with Crippen molar-refractivity contribution in [1.82, 2.24) is 9.80 Å². The molecule has 0 aliphatic rings. The molecule has 0 aromatic heterocycles. The smallest absolute Gasteiger partial charge is 0.335 e. The fourth-order valence-electron chi connectivity index (χ4n) is 6.42. The largest absolute Gasteiger partial charge is 0.464 e. The molecular formula is C45H86N2O4. The molecule has 0 bridgehead atoms. The lowest BCUT2D eigenvalue weighted by Gasteiger charge is -2.25. The summed E-state index contributed by atoms with van der Waals surface area (Å²) in [6.07, 6.45) is 45.1. The van der Waals surface area contributed by atoms with Gasteiger partial charge in [-0.2, -0.15) is 0 Å². The van der Waals surface area contributed by atoms with E-state index in [2.05, 4.69) is 43.1 Å². The van der Waals surface area contributed by atoms with Crippen LogP contribution in [0.3, 0.4) is 0 Å². The summed E-state index contributed by atoms with van der Waals surface area (Å²) in [4.78, 5) is 30.1. The Morgan fingerprint density at radius 3 is 1.08 bits per heavy atom. The minimum atomic E-state index is -0.990. The Labute approximate surface area is 317 Å². The Morgan fingerprint density at radius 2 is 0.745 bits per heavy atom. The minimum absolute atomic E-state index is 0.365. The average molecular weight is 719 g/mol. The second-order valence-corrected chi connectivity index (χ2v) is 15.3. The summed E-state index contributed by atoms with van der Waals surface area (Å²) in [5.74, 6) is -0.942. The van der Waals surface area contributed by atoms with Crippen LogP contribution in [0.4, 0.5) is 0 Å². The molecule has 0 saturated heterocycles. The van der Waals surface area contributed by atoms with Gasteiger partial charge in [0.05, 0.1) is 13.2 Å². The molecule has 0 spiro atoms. The SMILES string of the molecule is CCCCCCCC/C=C\CCCCCCCCOC(=O)C(C(=O)OCCCCCCCC/C=C\CCCCCCCC)N(C)CCCN(C)C. The fourth-order valence-corrected chi connectivity index (χ4v) is 6.42. The van der Waals surface area contributed by atoms with Crippen molar-refractivity contribution >= 4 is 11.9 Å². The number of allylic oxidation sites excluding steroid dienone is 4. The maximum atomic E-state index is 13.1. The van der Waals surface area contributed by atoms with Gasteiger partial charge in [0.2, 0.25) is 6.04 Å². The van der Waals surface area contributed by atoms with Crippen LogP contribution >= 0.6 is 0 Å². The van der Waals surface area contributed by atoms with Crippen molar-refractivity contribution in [3.8, 4) is 0 Å². The highest BCUT2D eigenvalue weighted by Crippen LogP contribution is 2.13. The van der Waals surface area contributed by atoms with E-state index < -0.39 is 18.0 Å². The summed E-state index contributed by atoms with van der Waals surface area (Å²) in [7, 11) is 5.89. The van der Waals surface area contributed by atoms with Crippen LogP contribution < -0.4 is 0 Å². The van der Waals surface area contributed by atoms with Gasteiger partial charge in [0.1, 0.15) is 0 Å². The number of likely N-dealkylation sites (N-methyl/N-ethyl adjacent to an activating group) is 1. The average Bonchev–Trinajstić information content (AvgIpc) is 3.10. The molecule has 0 unspecified atom stereocenters. The molecule has 0 heterocycles. The van der Waals surface area contributed by atoms with Crippen LogP contribution in [0, 0.1) is 0 Å². The number of carbonyl (C=O) groups is 2. The zero-order valence-electron chi connectivity index (χ0n) is 34.7. The fraction of sp³-hybridized carbons (Fsp3) is 0.867. The molecule has 300 valence electrons. The molecule has 0 radical (unpaired) electrons. The van der Waals surface area contributed by atoms with Gasteiger partial charge in [-0.25, -0.2) is 9.59 Å². The summed E-state index contributed by atoms with van der Waals surface area (Å²) < 4.78 is 11.2. The van der Waals surface area contributed by atoms with Crippen molar-refractivity contribution in [2.24, 2.45) is 0 Å². The van der Waals surface area contributed by atoms with Gasteiger partial charge in [-0.1, -0.05) is 154 Å². The third kappa shape index (κ3) is 35.2. The highest BCUT2D eigenvalue weighted by Gasteiger charge is 2.33. The molecule has 0 rings (SSSR count). The molecule has 0 aromatic rings. The number of hydrogen-bond donors (Lipinski definition) is 0. The topological polar surface area (TPSA) is 59.1 Å². The lowest BCUT2D eigenvalue weighted by Crippen LogP contribution is -2.47. The molecule has 0 aromatic carbocycles. The summed E-state index contributed by atoms with van der Waals surface area (Å²) in [5.41, 5.74) is 0. The van der Waals surface area contributed by atoms with E-state index in [0.29, 0.717) is 19.8 Å². The predicted octanol–water partition coefficient (Wildman–Crippen LogP) is 12.4. The second kappa shape index (κ2) is 39.5. The molecule has 0 saturated carbocycles. The zero-order valence-corrected chi connectivity index (χ0v) is 34.7. The number of unbranched alkanes of at least 4 members (excludes halogenated alkanes) is 24. The summed E-state index contributed by atoms with van der Waals surface area (Å²) >= 11 is 0. The van der Waals surface area contributed by atoms with Crippen LogP contribution in [0.1, 0.15) is 200 Å². The van der Waals surface area contributed by atoms with E-state index in [1.165, 1.54) is 141 Å². The quantitative estimate of drug-likeness (QED) is 0.0273. The van der Waals surface area contributed by atoms with Gasteiger partial charge in [-0.15, -0.1) is 0 Å². The Hall–Kier alpha value is -1.66. The molecule has 6 heteroatoms. The highest BCUT2D eigenvalue weighted by atomic mass is 16.6. The lowest BCUT2D eigenvalue weighted by atomic mass is 10.1. The van der Waals surface area contributed by atoms with Crippen LogP contribution in [0.15, 0.2) is 24.3 Å². The molecule has 6 nitrogen and oxygen atoms in total. The summed E-state index contributed by atoms with van der Waals surface area (Å²) in [5, 5.41) is 0. The first-order chi connectivity index (χ1) is 24.9. The standard InChI is InChI=1S/C45H86N2O4/c1-6-8-10-12-14-16-18-20-22-24-26-28-30-32-34-36-41-50-44(48)43(47(5)40-38-39-46(3)4)45(49)51-42-37-35-33-31-29-27-25-23-21-19-17-15-13-11-9-7-2/h20-23,43H,6-19,24-42H2,1-5H3/b22-20-,23-21-. The van der Waals surface area contributed by atoms with Gasteiger partial charge in [0, 0.05) is 6.54 Å². The van der Waals surface area contributed by atoms with Gasteiger partial charge in [0.25, 0.3) is 0 Å². The van der Waals surface area contributed by atoms with Crippen LogP contribution in [0.5, 0.6) is 0 Å². The van der Waals surface area contributed by atoms with E-state index in [9.17, 15) is 9.59 Å². The Bertz CT molecular complexity index is 756. The number of esters is 2. The van der Waals surface area contributed by atoms with Crippen molar-refractivity contribution in [2.45, 2.75) is 206 Å². The van der Waals surface area contributed by atoms with Crippen LogP contribution in [-0.2, 0) is 19.1 Å².